The fourth-order valence-electron chi connectivity index (χ4n) is 7.28. The Hall–Kier alpha value is -0.920. The van der Waals surface area contributed by atoms with Crippen LogP contribution < -0.4 is 0 Å². The largest absolute Gasteiger partial charge is 0.299 e. The predicted octanol–water partition coefficient (Wildman–Crippen LogP) is 4.33. The first-order chi connectivity index (χ1) is 10.2. The van der Waals surface area contributed by atoms with Gasteiger partial charge >= 0.3 is 0 Å². The van der Waals surface area contributed by atoms with Gasteiger partial charge in [0.2, 0.25) is 0 Å². The molecule has 120 valence electrons. The Labute approximate surface area is 133 Å². The van der Waals surface area contributed by atoms with Crippen molar-refractivity contribution in [2.24, 2.45) is 34.0 Å². The summed E-state index contributed by atoms with van der Waals surface area (Å²) in [6.45, 7) is 11.3. The van der Waals surface area contributed by atoms with Gasteiger partial charge in [0.25, 0.3) is 0 Å². The second-order valence-electron chi connectivity index (χ2n) is 9.24. The van der Waals surface area contributed by atoms with Crippen LogP contribution in [-0.2, 0) is 9.59 Å². The van der Waals surface area contributed by atoms with Gasteiger partial charge in [0.1, 0.15) is 11.6 Å². The maximum Gasteiger partial charge on any atom is 0.147 e. The molecule has 5 atom stereocenters. The Bertz CT molecular complexity index is 626. The summed E-state index contributed by atoms with van der Waals surface area (Å²) in [5, 5.41) is 0. The Morgan fingerprint density at radius 3 is 2.45 bits per heavy atom. The van der Waals surface area contributed by atoms with Gasteiger partial charge in [-0.05, 0) is 55.8 Å². The molecule has 4 rings (SSSR count). The molecular weight excluding hydrogens is 272 g/mol. The molecule has 3 saturated carbocycles. The van der Waals surface area contributed by atoms with Crippen molar-refractivity contribution in [3.8, 4) is 0 Å². The zero-order valence-corrected chi connectivity index (χ0v) is 14.6. The summed E-state index contributed by atoms with van der Waals surface area (Å²) < 4.78 is 0. The molecule has 0 aromatic rings. The first-order valence-corrected chi connectivity index (χ1v) is 8.92. The van der Waals surface area contributed by atoms with Gasteiger partial charge in [-0.15, -0.1) is 0 Å². The fraction of sp³-hybridized carbons (Fsp3) is 0.800. The van der Waals surface area contributed by atoms with Gasteiger partial charge in [-0.3, -0.25) is 9.59 Å². The van der Waals surface area contributed by atoms with Crippen LogP contribution in [-0.4, -0.2) is 11.6 Å². The lowest BCUT2D eigenvalue weighted by Crippen LogP contribution is -2.56. The van der Waals surface area contributed by atoms with Crippen LogP contribution in [0.1, 0.15) is 66.7 Å². The maximum atomic E-state index is 12.7. The average molecular weight is 300 g/mol. The van der Waals surface area contributed by atoms with Crippen molar-refractivity contribution >= 4 is 11.6 Å². The lowest BCUT2D eigenvalue weighted by atomic mass is 9.45. The van der Waals surface area contributed by atoms with Crippen molar-refractivity contribution in [3.05, 3.63) is 11.1 Å². The van der Waals surface area contributed by atoms with E-state index in [9.17, 15) is 9.59 Å². The van der Waals surface area contributed by atoms with Crippen molar-refractivity contribution in [3.63, 3.8) is 0 Å². The highest BCUT2D eigenvalue weighted by atomic mass is 16.1. The molecule has 2 nitrogen and oxygen atoms in total. The molecule has 1 spiro atoms. The third kappa shape index (κ3) is 1.27. The molecule has 0 saturated heterocycles. The van der Waals surface area contributed by atoms with Crippen LogP contribution in [0.2, 0.25) is 0 Å². The predicted molar refractivity (Wildman–Crippen MR) is 86.3 cm³/mol. The van der Waals surface area contributed by atoms with Crippen LogP contribution in [0.15, 0.2) is 11.1 Å². The number of Topliss-reactive ketones (excluding diaryl/α,β-unsaturated/α-hetero) is 2. The normalized spacial score (nSPS) is 49.4. The van der Waals surface area contributed by atoms with Gasteiger partial charge in [0.15, 0.2) is 0 Å². The van der Waals surface area contributed by atoms with E-state index in [-0.39, 0.29) is 22.2 Å². The molecule has 4 aliphatic carbocycles. The van der Waals surface area contributed by atoms with Gasteiger partial charge in [0.05, 0.1) is 5.41 Å². The van der Waals surface area contributed by atoms with E-state index in [4.69, 9.17) is 0 Å². The van der Waals surface area contributed by atoms with Crippen molar-refractivity contribution in [2.75, 3.05) is 0 Å². The van der Waals surface area contributed by atoms with E-state index in [1.54, 1.807) is 0 Å². The van der Waals surface area contributed by atoms with E-state index in [0.29, 0.717) is 29.8 Å². The number of carbonyl (C=O) groups excluding carboxylic acids is 2. The van der Waals surface area contributed by atoms with E-state index in [0.717, 1.165) is 25.7 Å². The van der Waals surface area contributed by atoms with Crippen LogP contribution in [0.5, 0.6) is 0 Å². The van der Waals surface area contributed by atoms with Crippen LogP contribution in [0.25, 0.3) is 0 Å². The first kappa shape index (κ1) is 14.7. The van der Waals surface area contributed by atoms with Crippen molar-refractivity contribution in [2.45, 2.75) is 66.7 Å². The van der Waals surface area contributed by atoms with E-state index in [1.165, 1.54) is 11.1 Å². The molecule has 0 unspecified atom stereocenters. The minimum absolute atomic E-state index is 0.0288. The zero-order valence-electron chi connectivity index (χ0n) is 14.6. The highest BCUT2D eigenvalue weighted by Gasteiger charge is 2.73. The molecule has 0 aliphatic heterocycles. The van der Waals surface area contributed by atoms with Gasteiger partial charge in [0, 0.05) is 18.8 Å². The minimum atomic E-state index is -0.272. The number of allylic oxidation sites excluding steroid dienone is 2. The first-order valence-electron chi connectivity index (χ1n) is 8.92. The van der Waals surface area contributed by atoms with Gasteiger partial charge < -0.3 is 0 Å². The summed E-state index contributed by atoms with van der Waals surface area (Å²) in [4.78, 5) is 25.4. The molecule has 3 fully saturated rings. The summed E-state index contributed by atoms with van der Waals surface area (Å²) in [7, 11) is 0. The summed E-state index contributed by atoms with van der Waals surface area (Å²) in [6, 6.07) is 0. The van der Waals surface area contributed by atoms with E-state index in [1.807, 2.05) is 0 Å². The summed E-state index contributed by atoms with van der Waals surface area (Å²) in [6.07, 6.45) is 4.61. The molecule has 0 aromatic carbocycles. The van der Waals surface area contributed by atoms with Crippen LogP contribution in [0.3, 0.4) is 0 Å². The Morgan fingerprint density at radius 1 is 1.14 bits per heavy atom. The molecule has 22 heavy (non-hydrogen) atoms. The van der Waals surface area contributed by atoms with E-state index in [2.05, 4.69) is 34.6 Å². The van der Waals surface area contributed by atoms with E-state index >= 15 is 0 Å². The third-order valence-corrected chi connectivity index (χ3v) is 8.61. The number of carbonyl (C=O) groups is 2. The smallest absolute Gasteiger partial charge is 0.147 e. The molecule has 0 N–H and O–H groups in total. The average Bonchev–Trinajstić information content (AvgIpc) is 2.55. The third-order valence-electron chi connectivity index (χ3n) is 8.61. The van der Waals surface area contributed by atoms with Crippen molar-refractivity contribution < 1.29 is 9.59 Å². The summed E-state index contributed by atoms with van der Waals surface area (Å²) >= 11 is 0. The Balaban J connectivity index is 1.95. The topological polar surface area (TPSA) is 34.1 Å². The Morgan fingerprint density at radius 2 is 1.82 bits per heavy atom. The standard InChI is InChI=1S/C20H28O2/c1-11-6-7-20-12(2)8-15(21)14(18(20,3)4)9-16(20)19(5)13(11)10-17(19)22/h12,14,16H,6-10H2,1-5H3/t12-,14+,16+,19+,20+/m0/s1. The monoisotopic (exact) mass is 300 g/mol. The second-order valence-corrected chi connectivity index (χ2v) is 9.24. The number of rotatable bonds is 0. The van der Waals surface area contributed by atoms with E-state index < -0.39 is 0 Å². The van der Waals surface area contributed by atoms with Gasteiger partial charge in [-0.1, -0.05) is 31.9 Å². The highest BCUT2D eigenvalue weighted by molar-refractivity contribution is 5.99. The second kappa shape index (κ2) is 3.94. The molecule has 0 amide bonds. The molecule has 2 bridgehead atoms. The molecule has 0 aromatic heterocycles. The lowest BCUT2D eigenvalue weighted by molar-refractivity contribution is -0.148. The van der Waals surface area contributed by atoms with Crippen LogP contribution in [0, 0.1) is 34.0 Å². The quantitative estimate of drug-likeness (QED) is 0.624. The minimum Gasteiger partial charge on any atom is -0.299 e. The zero-order chi connectivity index (χ0) is 16.1. The summed E-state index contributed by atoms with van der Waals surface area (Å²) in [5.41, 5.74) is 2.79. The SMILES string of the molecule is CC1=C2CC(=O)[C@@]2(C)[C@H]2C[C@@H]3C(=O)C[C@H](C)[C@@]2(CC1)C3(C)C. The van der Waals surface area contributed by atoms with Crippen molar-refractivity contribution in [1.82, 2.24) is 0 Å². The molecule has 0 heterocycles. The van der Waals surface area contributed by atoms with Gasteiger partial charge in [-0.25, -0.2) is 0 Å². The number of fused-ring (bicyclic) bond motifs is 3. The van der Waals surface area contributed by atoms with Crippen LogP contribution in [0.4, 0.5) is 0 Å². The van der Waals surface area contributed by atoms with Gasteiger partial charge in [-0.2, -0.15) is 0 Å². The Kier molecular flexibility index (Phi) is 2.62. The number of hydrogen-bond donors (Lipinski definition) is 0. The molecule has 2 heteroatoms. The molecule has 4 aliphatic rings. The highest BCUT2D eigenvalue weighted by Crippen LogP contribution is 2.75. The molecular formula is C20H28O2. The molecule has 0 radical (unpaired) electrons. The summed E-state index contributed by atoms with van der Waals surface area (Å²) in [5.74, 6) is 1.81. The number of ketones is 2. The number of hydrogen-bond acceptors (Lipinski definition) is 2. The maximum absolute atomic E-state index is 12.7. The van der Waals surface area contributed by atoms with Crippen molar-refractivity contribution in [1.29, 1.82) is 0 Å². The fourth-order valence-corrected chi connectivity index (χ4v) is 7.28. The lowest BCUT2D eigenvalue weighted by Gasteiger charge is -2.58. The van der Waals surface area contributed by atoms with Crippen LogP contribution >= 0.6 is 0 Å².